The topological polar surface area (TPSA) is 127 Å². The second-order valence-corrected chi connectivity index (χ2v) is 11.8. The Morgan fingerprint density at radius 2 is 1.82 bits per heavy atom. The maximum absolute atomic E-state index is 13.1. The lowest BCUT2D eigenvalue weighted by Gasteiger charge is -2.30. The van der Waals surface area contributed by atoms with Crippen LogP contribution in [0.15, 0.2) is 51.9 Å². The highest BCUT2D eigenvalue weighted by Gasteiger charge is 2.29. The van der Waals surface area contributed by atoms with Gasteiger partial charge < -0.3 is 19.3 Å². The molecule has 2 aromatic carbocycles. The van der Waals surface area contributed by atoms with Gasteiger partial charge in [0, 0.05) is 29.6 Å². The normalized spacial score (nSPS) is 17.7. The van der Waals surface area contributed by atoms with E-state index in [-0.39, 0.29) is 16.7 Å². The molecule has 2 saturated heterocycles. The van der Waals surface area contributed by atoms with E-state index in [9.17, 15) is 13.2 Å². The number of aromatic nitrogens is 2. The lowest BCUT2D eigenvalue weighted by molar-refractivity contribution is -0.121. The molecule has 0 aliphatic carbocycles. The average molecular weight is 576 g/mol. The maximum Gasteiger partial charge on any atom is 0.243 e. The number of nitrogens with zero attached hydrogens (tertiary/aromatic N) is 4. The molecule has 2 aliphatic rings. The number of nitrogens with one attached hydrogen (secondary N) is 1. The van der Waals surface area contributed by atoms with Crippen molar-refractivity contribution in [3.8, 4) is 17.1 Å². The Bertz CT molecular complexity index is 1400. The first-order chi connectivity index (χ1) is 18.8. The van der Waals surface area contributed by atoms with Crippen LogP contribution in [0, 0.1) is 5.92 Å². The third-order valence-electron chi connectivity index (χ3n) is 6.92. The fourth-order valence-electron chi connectivity index (χ4n) is 4.70. The molecule has 13 heteroatoms. The van der Waals surface area contributed by atoms with E-state index in [1.165, 1.54) is 23.5 Å². The number of sulfonamides is 1. The second-order valence-electron chi connectivity index (χ2n) is 9.44. The minimum atomic E-state index is -3.71. The molecule has 3 heterocycles. The highest BCUT2D eigenvalue weighted by molar-refractivity contribution is 7.89. The molecular weight excluding hydrogens is 546 g/mol. The van der Waals surface area contributed by atoms with Crippen molar-refractivity contribution < 1.29 is 27.2 Å². The smallest absolute Gasteiger partial charge is 0.243 e. The molecule has 2 fully saturated rings. The largest absolute Gasteiger partial charge is 0.495 e. The first-order valence-corrected chi connectivity index (χ1v) is 14.5. The monoisotopic (exact) mass is 575 g/mol. The van der Waals surface area contributed by atoms with Gasteiger partial charge in [0.15, 0.2) is 0 Å². The van der Waals surface area contributed by atoms with E-state index in [2.05, 4.69) is 20.4 Å². The fraction of sp³-hybridized carbons (Fsp3) is 0.423. The molecular formula is C26H30ClN5O6S. The molecule has 1 amide bonds. The number of anilines is 1. The number of piperidine rings is 1. The van der Waals surface area contributed by atoms with Gasteiger partial charge in [0.1, 0.15) is 5.75 Å². The number of carbonyl (C=O) groups excluding carboxylic acids is 1. The van der Waals surface area contributed by atoms with Crippen LogP contribution in [-0.2, 0) is 26.1 Å². The predicted molar refractivity (Wildman–Crippen MR) is 144 cm³/mol. The van der Waals surface area contributed by atoms with Crippen molar-refractivity contribution in [2.75, 3.05) is 51.8 Å². The van der Waals surface area contributed by atoms with E-state index in [0.717, 1.165) is 5.56 Å². The molecule has 2 aliphatic heterocycles. The van der Waals surface area contributed by atoms with Crippen molar-refractivity contribution in [1.82, 2.24) is 19.3 Å². The summed E-state index contributed by atoms with van der Waals surface area (Å²) in [6.45, 7) is 3.14. The summed E-state index contributed by atoms with van der Waals surface area (Å²) in [5.74, 6) is 1.01. The highest BCUT2D eigenvalue weighted by atomic mass is 35.5. The summed E-state index contributed by atoms with van der Waals surface area (Å²) < 4.78 is 43.7. The highest BCUT2D eigenvalue weighted by Crippen LogP contribution is 2.31. The van der Waals surface area contributed by atoms with E-state index >= 15 is 0 Å². The van der Waals surface area contributed by atoms with E-state index in [1.54, 1.807) is 18.2 Å². The number of rotatable bonds is 8. The Morgan fingerprint density at radius 3 is 2.51 bits per heavy atom. The molecule has 5 rings (SSSR count). The minimum Gasteiger partial charge on any atom is -0.495 e. The van der Waals surface area contributed by atoms with E-state index in [4.69, 9.17) is 25.6 Å². The number of halogens is 1. The van der Waals surface area contributed by atoms with Gasteiger partial charge in [0.2, 0.25) is 27.6 Å². The van der Waals surface area contributed by atoms with Gasteiger partial charge in [0.25, 0.3) is 0 Å². The molecule has 0 spiro atoms. The van der Waals surface area contributed by atoms with Gasteiger partial charge in [-0.3, -0.25) is 9.69 Å². The summed E-state index contributed by atoms with van der Waals surface area (Å²) in [5, 5.41) is 7.59. The van der Waals surface area contributed by atoms with Crippen LogP contribution in [0.3, 0.4) is 0 Å². The summed E-state index contributed by atoms with van der Waals surface area (Å²) >= 11 is 5.95. The summed E-state index contributed by atoms with van der Waals surface area (Å²) in [4.78, 5) is 19.9. The Labute approximate surface area is 232 Å². The Kier molecular flexibility index (Phi) is 8.48. The Morgan fingerprint density at radius 1 is 1.10 bits per heavy atom. The van der Waals surface area contributed by atoms with Crippen LogP contribution in [0.5, 0.6) is 5.75 Å². The molecule has 0 atom stereocenters. The maximum atomic E-state index is 13.1. The van der Waals surface area contributed by atoms with Crippen molar-refractivity contribution >= 4 is 33.2 Å². The summed E-state index contributed by atoms with van der Waals surface area (Å²) in [6, 6.07) is 11.7. The number of likely N-dealkylation sites (tertiary alicyclic amines) is 1. The molecule has 1 N–H and O–H groups in total. The van der Waals surface area contributed by atoms with E-state index < -0.39 is 10.0 Å². The van der Waals surface area contributed by atoms with Crippen LogP contribution in [0.25, 0.3) is 11.4 Å². The summed E-state index contributed by atoms with van der Waals surface area (Å²) in [6.07, 6.45) is 1.27. The molecule has 0 radical (unpaired) electrons. The number of amides is 1. The van der Waals surface area contributed by atoms with Gasteiger partial charge in [-0.25, -0.2) is 8.42 Å². The molecule has 3 aromatic rings. The standard InChI is InChI=1S/C26H30ClN5O6S/c1-36-23-7-6-21(39(34,35)32-12-14-37-15-13-32)16-22(23)28-26(33)19-8-10-31(11-9-19)17-24-29-25(30-38-24)18-2-4-20(27)5-3-18/h2-7,16,19H,8-15,17H2,1H3,(H,28,33). The minimum absolute atomic E-state index is 0.104. The fourth-order valence-corrected chi connectivity index (χ4v) is 6.26. The van der Waals surface area contributed by atoms with Crippen molar-refractivity contribution in [2.45, 2.75) is 24.3 Å². The number of morpholine rings is 1. The Balaban J connectivity index is 1.18. The summed E-state index contributed by atoms with van der Waals surface area (Å²) in [5.41, 5.74) is 1.15. The average Bonchev–Trinajstić information content (AvgIpc) is 3.42. The van der Waals surface area contributed by atoms with E-state index in [1.807, 2.05) is 12.1 Å². The first-order valence-electron chi connectivity index (χ1n) is 12.7. The number of hydrogen-bond acceptors (Lipinski definition) is 9. The van der Waals surface area contributed by atoms with Gasteiger partial charge in [-0.05, 0) is 68.4 Å². The van der Waals surface area contributed by atoms with Crippen molar-refractivity contribution in [3.05, 3.63) is 53.4 Å². The lowest BCUT2D eigenvalue weighted by atomic mass is 9.96. The number of hydrogen-bond donors (Lipinski definition) is 1. The van der Waals surface area contributed by atoms with Crippen LogP contribution in [0.2, 0.25) is 5.02 Å². The van der Waals surface area contributed by atoms with Crippen molar-refractivity contribution in [3.63, 3.8) is 0 Å². The molecule has 0 saturated carbocycles. The molecule has 11 nitrogen and oxygen atoms in total. The Hall–Kier alpha value is -3.03. The van der Waals surface area contributed by atoms with Crippen LogP contribution in [0.1, 0.15) is 18.7 Å². The third-order valence-corrected chi connectivity index (χ3v) is 9.07. The molecule has 208 valence electrons. The molecule has 0 unspecified atom stereocenters. The van der Waals surface area contributed by atoms with Gasteiger partial charge >= 0.3 is 0 Å². The number of ether oxygens (including phenoxy) is 2. The van der Waals surface area contributed by atoms with Crippen molar-refractivity contribution in [2.24, 2.45) is 5.92 Å². The second kappa shape index (κ2) is 12.0. The van der Waals surface area contributed by atoms with Crippen molar-refractivity contribution in [1.29, 1.82) is 0 Å². The van der Waals surface area contributed by atoms with Gasteiger partial charge in [-0.1, -0.05) is 16.8 Å². The zero-order valence-corrected chi connectivity index (χ0v) is 23.1. The first kappa shape index (κ1) is 27.5. The predicted octanol–water partition coefficient (Wildman–Crippen LogP) is 3.27. The third kappa shape index (κ3) is 6.42. The van der Waals surface area contributed by atoms with Gasteiger partial charge in [-0.2, -0.15) is 9.29 Å². The molecule has 0 bridgehead atoms. The SMILES string of the molecule is COc1ccc(S(=O)(=O)N2CCOCC2)cc1NC(=O)C1CCN(Cc2nc(-c3ccc(Cl)cc3)no2)CC1. The van der Waals surface area contributed by atoms with Gasteiger partial charge in [-0.15, -0.1) is 0 Å². The summed E-state index contributed by atoms with van der Waals surface area (Å²) in [7, 11) is -2.23. The zero-order valence-electron chi connectivity index (χ0n) is 21.5. The molecule has 39 heavy (non-hydrogen) atoms. The van der Waals surface area contributed by atoms with E-state index in [0.29, 0.717) is 87.0 Å². The van der Waals surface area contributed by atoms with Gasteiger partial charge in [0.05, 0.1) is 37.5 Å². The lowest BCUT2D eigenvalue weighted by Crippen LogP contribution is -2.40. The number of carbonyl (C=O) groups is 1. The number of methoxy groups -OCH3 is 1. The number of benzene rings is 2. The zero-order chi connectivity index (χ0) is 27.4. The van der Waals surface area contributed by atoms with Crippen LogP contribution >= 0.6 is 11.6 Å². The van der Waals surface area contributed by atoms with Crippen LogP contribution < -0.4 is 10.1 Å². The van der Waals surface area contributed by atoms with Crippen LogP contribution in [0.4, 0.5) is 5.69 Å². The molecule has 1 aromatic heterocycles. The van der Waals surface area contributed by atoms with Crippen LogP contribution in [-0.4, -0.2) is 80.2 Å². The quantitative estimate of drug-likeness (QED) is 0.430.